The molecule has 1 heterocycles. The molecule has 1 aliphatic heterocycles. The standard InChI is InChI=1S/C13H18FNO3S/c1-15-13(9-5-6-19(16,17)8-9)11-4-3-10(18-2)7-12(11)14/h3-4,7,9,13,15H,5-6,8H2,1-2H3. The van der Waals surface area contributed by atoms with Crippen LogP contribution in [0.4, 0.5) is 4.39 Å². The predicted octanol–water partition coefficient (Wildman–Crippen LogP) is 1.53. The third-order valence-electron chi connectivity index (χ3n) is 3.59. The van der Waals surface area contributed by atoms with Crippen LogP contribution in [0.3, 0.4) is 0 Å². The summed E-state index contributed by atoms with van der Waals surface area (Å²) in [5.74, 6) is 0.300. The van der Waals surface area contributed by atoms with Crippen molar-refractivity contribution in [2.24, 2.45) is 5.92 Å². The van der Waals surface area contributed by atoms with Crippen LogP contribution < -0.4 is 10.1 Å². The summed E-state index contributed by atoms with van der Waals surface area (Å²) < 4.78 is 42.1. The molecule has 0 saturated carbocycles. The maximum absolute atomic E-state index is 14.1. The van der Waals surface area contributed by atoms with E-state index in [2.05, 4.69) is 5.32 Å². The number of hydrogen-bond acceptors (Lipinski definition) is 4. The predicted molar refractivity (Wildman–Crippen MR) is 71.5 cm³/mol. The van der Waals surface area contributed by atoms with Crippen molar-refractivity contribution >= 4 is 9.84 Å². The van der Waals surface area contributed by atoms with Crippen LogP contribution in [-0.2, 0) is 9.84 Å². The van der Waals surface area contributed by atoms with Crippen LogP contribution in [0.15, 0.2) is 18.2 Å². The summed E-state index contributed by atoms with van der Waals surface area (Å²) in [7, 11) is 0.230. The molecule has 1 aliphatic rings. The van der Waals surface area contributed by atoms with E-state index >= 15 is 0 Å². The van der Waals surface area contributed by atoms with E-state index < -0.39 is 9.84 Å². The SMILES string of the molecule is CNC(c1ccc(OC)cc1F)C1CCS(=O)(=O)C1. The van der Waals surface area contributed by atoms with E-state index in [0.717, 1.165) is 0 Å². The minimum atomic E-state index is -2.97. The first-order chi connectivity index (χ1) is 8.96. The maximum atomic E-state index is 14.1. The molecule has 0 aliphatic carbocycles. The van der Waals surface area contributed by atoms with Gasteiger partial charge in [-0.05, 0) is 25.5 Å². The molecule has 19 heavy (non-hydrogen) atoms. The van der Waals surface area contributed by atoms with Gasteiger partial charge in [0.05, 0.1) is 18.6 Å². The zero-order chi connectivity index (χ0) is 14.0. The van der Waals surface area contributed by atoms with Gasteiger partial charge in [-0.25, -0.2) is 12.8 Å². The van der Waals surface area contributed by atoms with Crippen LogP contribution in [-0.4, -0.2) is 34.1 Å². The number of hydrogen-bond donors (Lipinski definition) is 1. The van der Waals surface area contributed by atoms with Gasteiger partial charge in [0.2, 0.25) is 0 Å². The van der Waals surface area contributed by atoms with Crippen LogP contribution in [0.25, 0.3) is 0 Å². The largest absolute Gasteiger partial charge is 0.497 e. The summed E-state index contributed by atoms with van der Waals surface area (Å²) in [6, 6.07) is 4.37. The van der Waals surface area contributed by atoms with Gasteiger partial charge in [-0.15, -0.1) is 0 Å². The molecule has 0 amide bonds. The molecule has 2 rings (SSSR count). The van der Waals surface area contributed by atoms with Gasteiger partial charge in [0.1, 0.15) is 11.6 Å². The second kappa shape index (κ2) is 5.46. The number of halogens is 1. The Morgan fingerprint density at radius 3 is 2.68 bits per heavy atom. The third kappa shape index (κ3) is 3.06. The molecule has 0 radical (unpaired) electrons. The Labute approximate surface area is 112 Å². The summed E-state index contributed by atoms with van der Waals surface area (Å²) in [6.07, 6.45) is 0.569. The minimum absolute atomic E-state index is 0.0853. The van der Waals surface area contributed by atoms with Crippen molar-refractivity contribution in [3.8, 4) is 5.75 Å². The molecule has 2 unspecified atom stereocenters. The van der Waals surface area contributed by atoms with Gasteiger partial charge in [0, 0.05) is 17.7 Å². The number of benzene rings is 1. The lowest BCUT2D eigenvalue weighted by Crippen LogP contribution is -2.27. The summed E-state index contributed by atoms with van der Waals surface area (Å²) in [5, 5.41) is 3.03. The van der Waals surface area contributed by atoms with E-state index in [-0.39, 0.29) is 29.3 Å². The van der Waals surface area contributed by atoms with Gasteiger partial charge in [-0.1, -0.05) is 6.07 Å². The van der Waals surface area contributed by atoms with Crippen LogP contribution in [0.2, 0.25) is 0 Å². The summed E-state index contributed by atoms with van der Waals surface area (Å²) in [5.41, 5.74) is 0.491. The highest BCUT2D eigenvalue weighted by atomic mass is 32.2. The van der Waals surface area contributed by atoms with E-state index in [1.165, 1.54) is 13.2 Å². The number of methoxy groups -OCH3 is 1. The lowest BCUT2D eigenvalue weighted by atomic mass is 9.92. The highest BCUT2D eigenvalue weighted by molar-refractivity contribution is 7.91. The molecular weight excluding hydrogens is 269 g/mol. The van der Waals surface area contributed by atoms with Crippen LogP contribution >= 0.6 is 0 Å². The lowest BCUT2D eigenvalue weighted by molar-refractivity contribution is 0.393. The minimum Gasteiger partial charge on any atom is -0.497 e. The fourth-order valence-corrected chi connectivity index (χ4v) is 4.46. The Bertz CT molecular complexity index is 559. The average molecular weight is 287 g/mol. The molecule has 106 valence electrons. The Balaban J connectivity index is 2.27. The fourth-order valence-electron chi connectivity index (χ4n) is 2.62. The maximum Gasteiger partial charge on any atom is 0.150 e. The summed E-state index contributed by atoms with van der Waals surface area (Å²) >= 11 is 0. The van der Waals surface area contributed by atoms with Gasteiger partial charge in [-0.2, -0.15) is 0 Å². The molecule has 1 aromatic carbocycles. The highest BCUT2D eigenvalue weighted by Crippen LogP contribution is 2.33. The van der Waals surface area contributed by atoms with Gasteiger partial charge in [-0.3, -0.25) is 0 Å². The second-order valence-corrected chi connectivity index (χ2v) is 7.05. The van der Waals surface area contributed by atoms with Crippen molar-refractivity contribution in [3.63, 3.8) is 0 Å². The molecule has 4 nitrogen and oxygen atoms in total. The Hall–Kier alpha value is -1.14. The van der Waals surface area contributed by atoms with E-state index in [0.29, 0.717) is 17.7 Å². The van der Waals surface area contributed by atoms with Crippen LogP contribution in [0.5, 0.6) is 5.75 Å². The molecule has 6 heteroatoms. The number of sulfone groups is 1. The molecule has 2 atom stereocenters. The van der Waals surface area contributed by atoms with Crippen LogP contribution in [0.1, 0.15) is 18.0 Å². The van der Waals surface area contributed by atoms with E-state index in [4.69, 9.17) is 4.74 Å². The van der Waals surface area contributed by atoms with Gasteiger partial charge in [0.15, 0.2) is 9.84 Å². The topological polar surface area (TPSA) is 55.4 Å². The smallest absolute Gasteiger partial charge is 0.150 e. The van der Waals surface area contributed by atoms with Gasteiger partial charge >= 0.3 is 0 Å². The third-order valence-corrected chi connectivity index (χ3v) is 5.39. The van der Waals surface area contributed by atoms with E-state index in [1.54, 1.807) is 19.2 Å². The highest BCUT2D eigenvalue weighted by Gasteiger charge is 2.34. The number of nitrogens with one attached hydrogen (secondary N) is 1. The molecule has 1 fully saturated rings. The molecule has 1 N–H and O–H groups in total. The Morgan fingerprint density at radius 2 is 2.21 bits per heavy atom. The normalized spacial score (nSPS) is 23.2. The quantitative estimate of drug-likeness (QED) is 0.912. The molecule has 0 aromatic heterocycles. The first-order valence-corrected chi connectivity index (χ1v) is 8.00. The van der Waals surface area contributed by atoms with Crippen molar-refractivity contribution in [3.05, 3.63) is 29.6 Å². The monoisotopic (exact) mass is 287 g/mol. The molecule has 1 saturated heterocycles. The first kappa shape index (κ1) is 14.3. The van der Waals surface area contributed by atoms with Crippen molar-refractivity contribution in [1.29, 1.82) is 0 Å². The zero-order valence-electron chi connectivity index (χ0n) is 11.0. The van der Waals surface area contributed by atoms with Crippen LogP contribution in [0, 0.1) is 11.7 Å². The molecule has 1 aromatic rings. The number of rotatable bonds is 4. The average Bonchev–Trinajstić information content (AvgIpc) is 2.72. The zero-order valence-corrected chi connectivity index (χ0v) is 11.8. The summed E-state index contributed by atoms with van der Waals surface area (Å²) in [4.78, 5) is 0. The first-order valence-electron chi connectivity index (χ1n) is 6.18. The number of ether oxygens (including phenoxy) is 1. The Morgan fingerprint density at radius 1 is 1.47 bits per heavy atom. The molecular formula is C13H18FNO3S. The fraction of sp³-hybridized carbons (Fsp3) is 0.538. The Kier molecular flexibility index (Phi) is 4.10. The van der Waals surface area contributed by atoms with Gasteiger partial charge in [0.25, 0.3) is 0 Å². The van der Waals surface area contributed by atoms with Crippen molar-refractivity contribution in [2.45, 2.75) is 12.5 Å². The second-order valence-electron chi connectivity index (χ2n) is 4.82. The lowest BCUT2D eigenvalue weighted by Gasteiger charge is -2.23. The van der Waals surface area contributed by atoms with Gasteiger partial charge < -0.3 is 10.1 Å². The van der Waals surface area contributed by atoms with Crippen molar-refractivity contribution in [1.82, 2.24) is 5.32 Å². The summed E-state index contributed by atoms with van der Waals surface area (Å²) in [6.45, 7) is 0. The van der Waals surface area contributed by atoms with E-state index in [1.807, 2.05) is 0 Å². The molecule has 0 spiro atoms. The molecule has 0 bridgehead atoms. The van der Waals surface area contributed by atoms with E-state index in [9.17, 15) is 12.8 Å². The van der Waals surface area contributed by atoms with Crippen molar-refractivity contribution < 1.29 is 17.5 Å². The van der Waals surface area contributed by atoms with Crippen molar-refractivity contribution in [2.75, 3.05) is 25.7 Å².